The van der Waals surface area contributed by atoms with Gasteiger partial charge in [0, 0.05) is 23.4 Å². The fourth-order valence-electron chi connectivity index (χ4n) is 2.21. The van der Waals surface area contributed by atoms with Crippen LogP contribution in [0.3, 0.4) is 0 Å². The quantitative estimate of drug-likeness (QED) is 0.611. The standard InChI is InChI=1S/C17H18N4O4S/c1-17(2,3)20-26(24,25)15-6-4-5-13(10-15)19-16-8-7-14(21(22)23)9-12(16)11-18/h4-10,19-20H,1-3H3. The molecule has 136 valence electrons. The Kier molecular flexibility index (Phi) is 5.30. The van der Waals surface area contributed by atoms with E-state index in [-0.39, 0.29) is 16.1 Å². The van der Waals surface area contributed by atoms with E-state index < -0.39 is 20.5 Å². The average Bonchev–Trinajstić information content (AvgIpc) is 2.53. The van der Waals surface area contributed by atoms with Crippen LogP contribution in [0, 0.1) is 21.4 Å². The van der Waals surface area contributed by atoms with E-state index in [9.17, 15) is 23.8 Å². The van der Waals surface area contributed by atoms with E-state index in [0.29, 0.717) is 11.4 Å². The minimum Gasteiger partial charge on any atom is -0.354 e. The van der Waals surface area contributed by atoms with Crippen molar-refractivity contribution in [2.24, 2.45) is 0 Å². The Morgan fingerprint density at radius 2 is 1.85 bits per heavy atom. The van der Waals surface area contributed by atoms with E-state index in [1.807, 2.05) is 6.07 Å². The first-order chi connectivity index (χ1) is 12.0. The first kappa shape index (κ1) is 19.4. The summed E-state index contributed by atoms with van der Waals surface area (Å²) in [6.07, 6.45) is 0. The van der Waals surface area contributed by atoms with Gasteiger partial charge in [-0.2, -0.15) is 5.26 Å². The smallest absolute Gasteiger partial charge is 0.270 e. The zero-order chi connectivity index (χ0) is 19.5. The predicted octanol–water partition coefficient (Wildman–Crippen LogP) is 3.29. The van der Waals surface area contributed by atoms with Crippen molar-refractivity contribution in [3.05, 3.63) is 58.1 Å². The van der Waals surface area contributed by atoms with Crippen LogP contribution in [-0.4, -0.2) is 18.9 Å². The molecule has 0 saturated heterocycles. The molecule has 9 heteroatoms. The molecule has 0 spiro atoms. The third-order valence-electron chi connectivity index (χ3n) is 3.20. The highest BCUT2D eigenvalue weighted by atomic mass is 32.2. The molecule has 0 aliphatic carbocycles. The number of hydrogen-bond acceptors (Lipinski definition) is 6. The van der Waals surface area contributed by atoms with E-state index in [4.69, 9.17) is 0 Å². The van der Waals surface area contributed by atoms with Gasteiger partial charge in [0.15, 0.2) is 0 Å². The molecule has 0 radical (unpaired) electrons. The fraction of sp³-hybridized carbons (Fsp3) is 0.235. The maximum Gasteiger partial charge on any atom is 0.270 e. The number of nitrogens with one attached hydrogen (secondary N) is 2. The van der Waals surface area contributed by atoms with Crippen LogP contribution < -0.4 is 10.0 Å². The Balaban J connectivity index is 2.35. The van der Waals surface area contributed by atoms with Crippen LogP contribution in [0.25, 0.3) is 0 Å². The number of benzene rings is 2. The van der Waals surface area contributed by atoms with E-state index in [2.05, 4.69) is 10.0 Å². The molecule has 2 N–H and O–H groups in total. The highest BCUT2D eigenvalue weighted by Crippen LogP contribution is 2.26. The maximum atomic E-state index is 12.4. The van der Waals surface area contributed by atoms with E-state index in [1.165, 1.54) is 24.3 Å². The van der Waals surface area contributed by atoms with Crippen molar-refractivity contribution in [1.29, 1.82) is 5.26 Å². The van der Waals surface area contributed by atoms with Crippen LogP contribution in [0.1, 0.15) is 26.3 Å². The SMILES string of the molecule is CC(C)(C)NS(=O)(=O)c1cccc(Nc2ccc([N+](=O)[O-])cc2C#N)c1. The summed E-state index contributed by atoms with van der Waals surface area (Å²) in [6.45, 7) is 5.22. The number of sulfonamides is 1. The number of anilines is 2. The van der Waals surface area contributed by atoms with Crippen LogP contribution >= 0.6 is 0 Å². The predicted molar refractivity (Wildman–Crippen MR) is 97.6 cm³/mol. The molecule has 0 atom stereocenters. The third kappa shape index (κ3) is 4.78. The Bertz CT molecular complexity index is 989. The van der Waals surface area contributed by atoms with Gasteiger partial charge in [0.1, 0.15) is 6.07 Å². The Morgan fingerprint density at radius 1 is 1.15 bits per heavy atom. The van der Waals surface area contributed by atoms with Gasteiger partial charge in [-0.15, -0.1) is 0 Å². The number of non-ortho nitro benzene ring substituents is 1. The highest BCUT2D eigenvalue weighted by Gasteiger charge is 2.22. The molecule has 0 amide bonds. The molecule has 0 bridgehead atoms. The monoisotopic (exact) mass is 374 g/mol. The largest absolute Gasteiger partial charge is 0.354 e. The lowest BCUT2D eigenvalue weighted by atomic mass is 10.1. The van der Waals surface area contributed by atoms with E-state index in [1.54, 1.807) is 32.9 Å². The summed E-state index contributed by atoms with van der Waals surface area (Å²) < 4.78 is 27.4. The molecule has 0 aliphatic heterocycles. The minimum atomic E-state index is -3.71. The van der Waals surface area contributed by atoms with Gasteiger partial charge in [0.2, 0.25) is 10.0 Å². The van der Waals surface area contributed by atoms with Crippen molar-refractivity contribution in [2.45, 2.75) is 31.2 Å². The van der Waals surface area contributed by atoms with Crippen LogP contribution in [0.15, 0.2) is 47.4 Å². The van der Waals surface area contributed by atoms with Gasteiger partial charge in [0.05, 0.1) is 21.1 Å². The van der Waals surface area contributed by atoms with Crippen molar-refractivity contribution in [3.8, 4) is 6.07 Å². The summed E-state index contributed by atoms with van der Waals surface area (Å²) in [5.41, 5.74) is 0.0378. The van der Waals surface area contributed by atoms with E-state index >= 15 is 0 Å². The molecule has 0 aliphatic rings. The van der Waals surface area contributed by atoms with Gasteiger partial charge in [0.25, 0.3) is 5.69 Å². The van der Waals surface area contributed by atoms with Crippen molar-refractivity contribution in [1.82, 2.24) is 4.72 Å². The number of nitro groups is 1. The number of nitrogens with zero attached hydrogens (tertiary/aromatic N) is 2. The van der Waals surface area contributed by atoms with Gasteiger partial charge in [-0.05, 0) is 45.0 Å². The molecule has 2 rings (SSSR count). The first-order valence-corrected chi connectivity index (χ1v) is 9.10. The summed E-state index contributed by atoms with van der Waals surface area (Å²) in [4.78, 5) is 10.3. The zero-order valence-corrected chi connectivity index (χ0v) is 15.3. The summed E-state index contributed by atoms with van der Waals surface area (Å²) in [5.74, 6) is 0. The van der Waals surface area contributed by atoms with Gasteiger partial charge in [-0.1, -0.05) is 6.07 Å². The number of nitro benzene ring substituents is 1. The second-order valence-electron chi connectivity index (χ2n) is 6.61. The normalized spacial score (nSPS) is 11.6. The minimum absolute atomic E-state index is 0.0674. The van der Waals surface area contributed by atoms with E-state index in [0.717, 1.165) is 6.07 Å². The Morgan fingerprint density at radius 3 is 2.42 bits per heavy atom. The molecule has 0 heterocycles. The summed E-state index contributed by atoms with van der Waals surface area (Å²) in [6, 6.07) is 11.8. The number of nitriles is 1. The van der Waals surface area contributed by atoms with Crippen molar-refractivity contribution < 1.29 is 13.3 Å². The molecular weight excluding hydrogens is 356 g/mol. The highest BCUT2D eigenvalue weighted by molar-refractivity contribution is 7.89. The van der Waals surface area contributed by atoms with Crippen molar-refractivity contribution >= 4 is 27.1 Å². The van der Waals surface area contributed by atoms with Gasteiger partial charge >= 0.3 is 0 Å². The molecule has 0 aromatic heterocycles. The molecule has 0 fully saturated rings. The second kappa shape index (κ2) is 7.11. The molecule has 2 aromatic rings. The summed E-state index contributed by atoms with van der Waals surface area (Å²) >= 11 is 0. The third-order valence-corrected chi connectivity index (χ3v) is 4.95. The molecule has 2 aromatic carbocycles. The van der Waals surface area contributed by atoms with Crippen LogP contribution in [0.4, 0.5) is 17.1 Å². The molecular formula is C17H18N4O4S. The fourth-order valence-corrected chi connectivity index (χ4v) is 3.67. The second-order valence-corrected chi connectivity index (χ2v) is 8.29. The van der Waals surface area contributed by atoms with Crippen LogP contribution in [-0.2, 0) is 10.0 Å². The van der Waals surface area contributed by atoms with Crippen LogP contribution in [0.5, 0.6) is 0 Å². The van der Waals surface area contributed by atoms with Gasteiger partial charge < -0.3 is 5.32 Å². The molecule has 26 heavy (non-hydrogen) atoms. The van der Waals surface area contributed by atoms with Crippen molar-refractivity contribution in [3.63, 3.8) is 0 Å². The maximum absolute atomic E-state index is 12.4. The van der Waals surface area contributed by atoms with Gasteiger partial charge in [-0.3, -0.25) is 10.1 Å². The zero-order valence-electron chi connectivity index (χ0n) is 14.5. The summed E-state index contributed by atoms with van der Waals surface area (Å²) in [7, 11) is -3.71. The molecule has 0 saturated carbocycles. The lowest BCUT2D eigenvalue weighted by Crippen LogP contribution is -2.40. The van der Waals surface area contributed by atoms with Crippen molar-refractivity contribution in [2.75, 3.05) is 5.32 Å². The topological polar surface area (TPSA) is 125 Å². The average molecular weight is 374 g/mol. The summed E-state index contributed by atoms with van der Waals surface area (Å²) in [5, 5.41) is 22.9. The molecule has 0 unspecified atom stereocenters. The first-order valence-electron chi connectivity index (χ1n) is 7.61. The Labute approximate surface area is 151 Å². The van der Waals surface area contributed by atoms with Crippen LogP contribution in [0.2, 0.25) is 0 Å². The lowest BCUT2D eigenvalue weighted by molar-refractivity contribution is -0.384. The number of rotatable bonds is 5. The molecule has 8 nitrogen and oxygen atoms in total. The lowest BCUT2D eigenvalue weighted by Gasteiger charge is -2.20. The van der Waals surface area contributed by atoms with Gasteiger partial charge in [-0.25, -0.2) is 13.1 Å². The number of hydrogen-bond donors (Lipinski definition) is 2. The Hall–Kier alpha value is -2.96.